The Morgan fingerprint density at radius 1 is 1.42 bits per heavy atom. The summed E-state index contributed by atoms with van der Waals surface area (Å²) < 4.78 is 31.9. The second kappa shape index (κ2) is 5.90. The quantitative estimate of drug-likeness (QED) is 0.897. The van der Waals surface area contributed by atoms with Crippen molar-refractivity contribution in [2.75, 3.05) is 26.7 Å². The van der Waals surface area contributed by atoms with Gasteiger partial charge in [0.05, 0.1) is 7.11 Å². The average molecular weight is 284 g/mol. The van der Waals surface area contributed by atoms with Gasteiger partial charge in [-0.1, -0.05) is 12.1 Å². The molecule has 1 unspecified atom stereocenters. The summed E-state index contributed by atoms with van der Waals surface area (Å²) in [5.74, 6) is 0.635. The Hall–Kier alpha value is -1.11. The van der Waals surface area contributed by atoms with E-state index in [1.807, 2.05) is 0 Å². The number of rotatable bonds is 4. The van der Waals surface area contributed by atoms with E-state index < -0.39 is 10.0 Å². The highest BCUT2D eigenvalue weighted by Gasteiger charge is 2.31. The van der Waals surface area contributed by atoms with E-state index in [1.54, 1.807) is 24.3 Å². The molecule has 1 aliphatic rings. The number of sulfonamides is 1. The number of para-hydroxylation sites is 1. The summed E-state index contributed by atoms with van der Waals surface area (Å²) in [6.07, 6.45) is 1.85. The third-order valence-electron chi connectivity index (χ3n) is 3.50. The highest BCUT2D eigenvalue weighted by atomic mass is 32.2. The molecule has 1 aromatic rings. The zero-order chi connectivity index (χ0) is 13.9. The molecule has 106 valence electrons. The van der Waals surface area contributed by atoms with Gasteiger partial charge in [0, 0.05) is 13.1 Å². The summed E-state index contributed by atoms with van der Waals surface area (Å²) >= 11 is 0. The van der Waals surface area contributed by atoms with Crippen molar-refractivity contribution in [1.29, 1.82) is 0 Å². The number of nitrogens with zero attached hydrogens (tertiary/aromatic N) is 1. The van der Waals surface area contributed by atoms with Crippen LogP contribution in [0.15, 0.2) is 29.2 Å². The van der Waals surface area contributed by atoms with Crippen molar-refractivity contribution in [3.63, 3.8) is 0 Å². The first-order chi connectivity index (χ1) is 9.09. The van der Waals surface area contributed by atoms with Crippen LogP contribution in [0.3, 0.4) is 0 Å². The van der Waals surface area contributed by atoms with Crippen LogP contribution in [0.2, 0.25) is 0 Å². The summed E-state index contributed by atoms with van der Waals surface area (Å²) in [4.78, 5) is 0.232. The van der Waals surface area contributed by atoms with Gasteiger partial charge in [0.1, 0.15) is 10.6 Å². The predicted octanol–water partition coefficient (Wildman–Crippen LogP) is 1.05. The Morgan fingerprint density at radius 2 is 2.16 bits per heavy atom. The van der Waals surface area contributed by atoms with Gasteiger partial charge in [-0.05, 0) is 37.4 Å². The summed E-state index contributed by atoms with van der Waals surface area (Å²) in [5.41, 5.74) is 5.66. The van der Waals surface area contributed by atoms with Crippen LogP contribution >= 0.6 is 0 Å². The van der Waals surface area contributed by atoms with Crippen molar-refractivity contribution in [3.8, 4) is 5.75 Å². The molecule has 1 fully saturated rings. The largest absolute Gasteiger partial charge is 0.495 e. The van der Waals surface area contributed by atoms with E-state index in [0.717, 1.165) is 12.8 Å². The molecule has 1 aromatic carbocycles. The van der Waals surface area contributed by atoms with Gasteiger partial charge in [-0.25, -0.2) is 8.42 Å². The van der Waals surface area contributed by atoms with Gasteiger partial charge < -0.3 is 10.5 Å². The molecule has 1 aliphatic heterocycles. The van der Waals surface area contributed by atoms with Crippen LogP contribution in [0.25, 0.3) is 0 Å². The lowest BCUT2D eigenvalue weighted by Gasteiger charge is -2.31. The van der Waals surface area contributed by atoms with E-state index in [-0.39, 0.29) is 10.8 Å². The normalized spacial score (nSPS) is 21.3. The van der Waals surface area contributed by atoms with E-state index in [0.29, 0.717) is 25.4 Å². The van der Waals surface area contributed by atoms with Crippen LogP contribution in [0.1, 0.15) is 12.8 Å². The topological polar surface area (TPSA) is 72.6 Å². The lowest BCUT2D eigenvalue weighted by atomic mass is 10.0. The minimum absolute atomic E-state index is 0.232. The zero-order valence-corrected chi connectivity index (χ0v) is 11.9. The minimum Gasteiger partial charge on any atom is -0.495 e. The Morgan fingerprint density at radius 3 is 2.84 bits per heavy atom. The standard InChI is InChI=1S/C13H20N2O3S/c1-18-12-6-2-3-7-13(12)19(16,17)15-8-4-5-11(9-14)10-15/h2-3,6-7,11H,4-5,8-10,14H2,1H3. The molecule has 0 saturated carbocycles. The predicted molar refractivity (Wildman–Crippen MR) is 73.5 cm³/mol. The number of benzene rings is 1. The van der Waals surface area contributed by atoms with Crippen molar-refractivity contribution in [1.82, 2.24) is 4.31 Å². The third-order valence-corrected chi connectivity index (χ3v) is 5.41. The maximum Gasteiger partial charge on any atom is 0.246 e. The van der Waals surface area contributed by atoms with Gasteiger partial charge in [0.15, 0.2) is 0 Å². The molecule has 2 N–H and O–H groups in total. The van der Waals surface area contributed by atoms with Crippen molar-refractivity contribution in [2.24, 2.45) is 11.7 Å². The minimum atomic E-state index is -3.50. The van der Waals surface area contributed by atoms with Crippen LogP contribution in [0, 0.1) is 5.92 Å². The molecule has 0 spiro atoms. The van der Waals surface area contributed by atoms with E-state index in [4.69, 9.17) is 10.5 Å². The molecule has 6 heteroatoms. The zero-order valence-electron chi connectivity index (χ0n) is 11.1. The summed E-state index contributed by atoms with van der Waals surface area (Å²) in [5, 5.41) is 0. The van der Waals surface area contributed by atoms with Crippen LogP contribution in [-0.4, -0.2) is 39.5 Å². The van der Waals surface area contributed by atoms with Gasteiger partial charge in [-0.2, -0.15) is 4.31 Å². The van der Waals surface area contributed by atoms with Crippen molar-refractivity contribution in [3.05, 3.63) is 24.3 Å². The Labute approximate surface area is 114 Å². The molecule has 0 amide bonds. The van der Waals surface area contributed by atoms with E-state index in [9.17, 15) is 8.42 Å². The first-order valence-corrected chi connectivity index (χ1v) is 7.87. The fraction of sp³-hybridized carbons (Fsp3) is 0.538. The van der Waals surface area contributed by atoms with Gasteiger partial charge in [0.2, 0.25) is 10.0 Å². The maximum atomic E-state index is 12.6. The number of hydrogen-bond donors (Lipinski definition) is 1. The van der Waals surface area contributed by atoms with Crippen molar-refractivity contribution < 1.29 is 13.2 Å². The number of ether oxygens (including phenoxy) is 1. The average Bonchev–Trinajstić information content (AvgIpc) is 2.47. The molecule has 1 saturated heterocycles. The molecule has 2 rings (SSSR count). The molecular formula is C13H20N2O3S. The van der Waals surface area contributed by atoms with E-state index in [2.05, 4.69) is 0 Å². The number of piperidine rings is 1. The number of nitrogens with two attached hydrogens (primary N) is 1. The van der Waals surface area contributed by atoms with Gasteiger partial charge in [-0.3, -0.25) is 0 Å². The molecule has 0 aliphatic carbocycles. The molecule has 0 bridgehead atoms. The lowest BCUT2D eigenvalue weighted by molar-refractivity contribution is 0.270. The smallest absolute Gasteiger partial charge is 0.246 e. The van der Waals surface area contributed by atoms with E-state index in [1.165, 1.54) is 11.4 Å². The second-order valence-corrected chi connectivity index (χ2v) is 6.66. The summed E-state index contributed by atoms with van der Waals surface area (Å²) in [6.45, 7) is 1.58. The van der Waals surface area contributed by atoms with Crippen LogP contribution in [-0.2, 0) is 10.0 Å². The molecule has 19 heavy (non-hydrogen) atoms. The fourth-order valence-corrected chi connectivity index (χ4v) is 4.12. The molecule has 0 aromatic heterocycles. The highest BCUT2D eigenvalue weighted by molar-refractivity contribution is 7.89. The second-order valence-electron chi connectivity index (χ2n) is 4.76. The van der Waals surface area contributed by atoms with Crippen LogP contribution in [0.5, 0.6) is 5.75 Å². The molecule has 1 heterocycles. The van der Waals surface area contributed by atoms with Gasteiger partial charge in [-0.15, -0.1) is 0 Å². The summed E-state index contributed by atoms with van der Waals surface area (Å²) in [6, 6.07) is 6.72. The molecule has 1 atom stereocenters. The van der Waals surface area contributed by atoms with Gasteiger partial charge in [0.25, 0.3) is 0 Å². The third kappa shape index (κ3) is 2.91. The monoisotopic (exact) mass is 284 g/mol. The maximum absolute atomic E-state index is 12.6. The van der Waals surface area contributed by atoms with Crippen LogP contribution < -0.4 is 10.5 Å². The van der Waals surface area contributed by atoms with Crippen molar-refractivity contribution >= 4 is 10.0 Å². The first kappa shape index (κ1) is 14.3. The lowest BCUT2D eigenvalue weighted by Crippen LogP contribution is -2.42. The number of hydrogen-bond acceptors (Lipinski definition) is 4. The SMILES string of the molecule is COc1ccccc1S(=O)(=O)N1CCCC(CN)C1. The van der Waals surface area contributed by atoms with Crippen molar-refractivity contribution in [2.45, 2.75) is 17.7 Å². The number of methoxy groups -OCH3 is 1. The Balaban J connectivity index is 2.31. The van der Waals surface area contributed by atoms with E-state index >= 15 is 0 Å². The Bertz CT molecular complexity index is 530. The van der Waals surface area contributed by atoms with Crippen LogP contribution in [0.4, 0.5) is 0 Å². The Kier molecular flexibility index (Phi) is 4.44. The molecule has 5 nitrogen and oxygen atoms in total. The fourth-order valence-electron chi connectivity index (χ4n) is 2.41. The molecular weight excluding hydrogens is 264 g/mol. The summed E-state index contributed by atoms with van der Waals surface area (Å²) in [7, 11) is -2.02. The highest BCUT2D eigenvalue weighted by Crippen LogP contribution is 2.29. The molecule has 0 radical (unpaired) electrons. The van der Waals surface area contributed by atoms with Gasteiger partial charge >= 0.3 is 0 Å². The first-order valence-electron chi connectivity index (χ1n) is 6.43.